The van der Waals surface area contributed by atoms with Crippen LogP contribution in [-0.2, 0) is 0 Å². The van der Waals surface area contributed by atoms with Crippen molar-refractivity contribution in [2.45, 2.75) is 18.7 Å². The maximum atomic E-state index is 5.82. The number of hydrogen-bond donors (Lipinski definition) is 2. The van der Waals surface area contributed by atoms with Gasteiger partial charge in [0.05, 0.1) is 11.4 Å². The van der Waals surface area contributed by atoms with Gasteiger partial charge in [-0.3, -0.25) is 0 Å². The Hall–Kier alpha value is -0.830. The molecule has 12 heavy (non-hydrogen) atoms. The summed E-state index contributed by atoms with van der Waals surface area (Å²) in [6.07, 6.45) is 0. The third kappa shape index (κ3) is 1.67. The summed E-state index contributed by atoms with van der Waals surface area (Å²) in [6.45, 7) is 4.06. The first kappa shape index (κ1) is 9.26. The summed E-state index contributed by atoms with van der Waals surface area (Å²) >= 11 is 1.72. The van der Waals surface area contributed by atoms with Crippen molar-refractivity contribution in [3.63, 3.8) is 0 Å². The quantitative estimate of drug-likeness (QED) is 0.545. The van der Waals surface area contributed by atoms with Crippen molar-refractivity contribution in [1.82, 2.24) is 0 Å². The average Bonchev–Trinajstić information content (AvgIpc) is 2.07. The van der Waals surface area contributed by atoms with E-state index in [1.54, 1.807) is 11.8 Å². The molecule has 0 aliphatic heterocycles. The van der Waals surface area contributed by atoms with Gasteiger partial charge in [-0.1, -0.05) is 13.0 Å². The highest BCUT2D eigenvalue weighted by molar-refractivity contribution is 7.99. The van der Waals surface area contributed by atoms with E-state index >= 15 is 0 Å². The van der Waals surface area contributed by atoms with Gasteiger partial charge in [-0.2, -0.15) is 0 Å². The molecular weight excluding hydrogens is 168 g/mol. The van der Waals surface area contributed by atoms with Gasteiger partial charge in [0.25, 0.3) is 0 Å². The largest absolute Gasteiger partial charge is 0.397 e. The number of thioether (sulfide) groups is 1. The van der Waals surface area contributed by atoms with E-state index < -0.39 is 0 Å². The van der Waals surface area contributed by atoms with Gasteiger partial charge in [0.1, 0.15) is 0 Å². The number of benzene rings is 1. The van der Waals surface area contributed by atoms with Crippen molar-refractivity contribution in [1.29, 1.82) is 0 Å². The van der Waals surface area contributed by atoms with E-state index in [1.165, 1.54) is 0 Å². The molecule has 0 atom stereocenters. The second-order valence-corrected chi connectivity index (χ2v) is 3.95. The molecule has 0 spiro atoms. The van der Waals surface area contributed by atoms with Crippen molar-refractivity contribution in [2.24, 2.45) is 0 Å². The van der Waals surface area contributed by atoms with Crippen LogP contribution in [0.25, 0.3) is 0 Å². The molecule has 0 saturated carbocycles. The van der Waals surface area contributed by atoms with E-state index in [-0.39, 0.29) is 0 Å². The first-order chi connectivity index (χ1) is 5.66. The van der Waals surface area contributed by atoms with Gasteiger partial charge in [-0.05, 0) is 24.3 Å². The predicted octanol–water partition coefficient (Wildman–Crippen LogP) is 2.27. The first-order valence-electron chi connectivity index (χ1n) is 3.94. The minimum atomic E-state index is 0.716. The second kappa shape index (κ2) is 3.72. The zero-order valence-electron chi connectivity index (χ0n) is 7.42. The van der Waals surface area contributed by atoms with E-state index in [9.17, 15) is 0 Å². The molecule has 0 radical (unpaired) electrons. The molecule has 0 aromatic heterocycles. The molecule has 1 rings (SSSR count). The molecule has 66 valence electrons. The molecule has 2 nitrogen and oxygen atoms in total. The molecule has 1 aromatic carbocycles. The van der Waals surface area contributed by atoms with E-state index in [0.717, 1.165) is 21.9 Å². The molecule has 4 N–H and O–H groups in total. The summed E-state index contributed by atoms with van der Waals surface area (Å²) < 4.78 is 0. The van der Waals surface area contributed by atoms with E-state index in [4.69, 9.17) is 11.5 Å². The minimum absolute atomic E-state index is 0.716. The number of nitrogen functional groups attached to an aromatic ring is 2. The summed E-state index contributed by atoms with van der Waals surface area (Å²) in [5.74, 6) is 1.02. The number of aryl methyl sites for hydroxylation is 1. The van der Waals surface area contributed by atoms with Crippen LogP contribution in [0.4, 0.5) is 11.4 Å². The number of nitrogens with two attached hydrogens (primary N) is 2. The average molecular weight is 182 g/mol. The topological polar surface area (TPSA) is 52.0 Å². The third-order valence-corrected chi connectivity index (χ3v) is 2.72. The monoisotopic (exact) mass is 182 g/mol. The van der Waals surface area contributed by atoms with Crippen molar-refractivity contribution < 1.29 is 0 Å². The Morgan fingerprint density at radius 2 is 1.92 bits per heavy atom. The van der Waals surface area contributed by atoms with Gasteiger partial charge in [-0.15, -0.1) is 11.8 Å². The molecule has 0 amide bonds. The van der Waals surface area contributed by atoms with Gasteiger partial charge in [0.2, 0.25) is 0 Å². The van der Waals surface area contributed by atoms with Crippen LogP contribution in [0, 0.1) is 6.92 Å². The lowest BCUT2D eigenvalue weighted by Gasteiger charge is -2.08. The van der Waals surface area contributed by atoms with Crippen LogP contribution in [0.3, 0.4) is 0 Å². The van der Waals surface area contributed by atoms with Gasteiger partial charge in [0, 0.05) is 4.90 Å². The standard InChI is InChI=1S/C9H14N2S/c1-3-12-7-5-4-6(2)8(10)9(7)11/h4-5H,3,10-11H2,1-2H3. The smallest absolute Gasteiger partial charge is 0.0688 e. The van der Waals surface area contributed by atoms with Crippen LogP contribution < -0.4 is 11.5 Å². The molecule has 1 aromatic rings. The lowest BCUT2D eigenvalue weighted by molar-refractivity contribution is 1.37. The van der Waals surface area contributed by atoms with Gasteiger partial charge >= 0.3 is 0 Å². The van der Waals surface area contributed by atoms with Crippen LogP contribution in [-0.4, -0.2) is 5.75 Å². The lowest BCUT2D eigenvalue weighted by atomic mass is 10.2. The van der Waals surface area contributed by atoms with E-state index in [1.807, 2.05) is 19.1 Å². The predicted molar refractivity (Wildman–Crippen MR) is 56.4 cm³/mol. The Bertz CT molecular complexity index is 284. The van der Waals surface area contributed by atoms with Gasteiger partial charge in [0.15, 0.2) is 0 Å². The fourth-order valence-corrected chi connectivity index (χ4v) is 1.75. The van der Waals surface area contributed by atoms with Gasteiger partial charge < -0.3 is 11.5 Å². The molecule has 0 aliphatic rings. The van der Waals surface area contributed by atoms with Crippen molar-refractivity contribution in [3.05, 3.63) is 17.7 Å². The van der Waals surface area contributed by atoms with Crippen molar-refractivity contribution in [3.8, 4) is 0 Å². The molecule has 0 bridgehead atoms. The van der Waals surface area contributed by atoms with Crippen molar-refractivity contribution in [2.75, 3.05) is 17.2 Å². The van der Waals surface area contributed by atoms with Crippen LogP contribution in [0.2, 0.25) is 0 Å². The van der Waals surface area contributed by atoms with Crippen LogP contribution in [0.1, 0.15) is 12.5 Å². The summed E-state index contributed by atoms with van der Waals surface area (Å²) in [5, 5.41) is 0. The molecular formula is C9H14N2S. The van der Waals surface area contributed by atoms with Crippen LogP contribution in [0.5, 0.6) is 0 Å². The first-order valence-corrected chi connectivity index (χ1v) is 4.92. The Labute approximate surface area is 77.3 Å². The maximum absolute atomic E-state index is 5.82. The number of rotatable bonds is 2. The molecule has 0 aliphatic carbocycles. The highest BCUT2D eigenvalue weighted by atomic mass is 32.2. The zero-order valence-corrected chi connectivity index (χ0v) is 8.24. The summed E-state index contributed by atoms with van der Waals surface area (Å²) in [7, 11) is 0. The zero-order chi connectivity index (χ0) is 9.14. The molecule has 0 heterocycles. The summed E-state index contributed by atoms with van der Waals surface area (Å²) in [5.41, 5.74) is 14.1. The van der Waals surface area contributed by atoms with Crippen LogP contribution >= 0.6 is 11.8 Å². The summed E-state index contributed by atoms with van der Waals surface area (Å²) in [4.78, 5) is 1.08. The SMILES string of the molecule is CCSc1ccc(C)c(N)c1N. The van der Waals surface area contributed by atoms with E-state index in [2.05, 4.69) is 6.92 Å². The normalized spacial score (nSPS) is 10.2. The van der Waals surface area contributed by atoms with Crippen molar-refractivity contribution >= 4 is 23.1 Å². The fourth-order valence-electron chi connectivity index (χ4n) is 1.01. The molecule has 0 fully saturated rings. The Morgan fingerprint density at radius 1 is 1.25 bits per heavy atom. The highest BCUT2D eigenvalue weighted by Crippen LogP contribution is 2.31. The molecule has 3 heteroatoms. The molecule has 0 unspecified atom stereocenters. The Morgan fingerprint density at radius 3 is 2.50 bits per heavy atom. The fraction of sp³-hybridized carbons (Fsp3) is 0.333. The van der Waals surface area contributed by atoms with Gasteiger partial charge in [-0.25, -0.2) is 0 Å². The Kier molecular flexibility index (Phi) is 2.87. The molecule has 0 saturated heterocycles. The minimum Gasteiger partial charge on any atom is -0.397 e. The lowest BCUT2D eigenvalue weighted by Crippen LogP contribution is -1.98. The number of hydrogen-bond acceptors (Lipinski definition) is 3. The summed E-state index contributed by atoms with van der Waals surface area (Å²) in [6, 6.07) is 4.03. The maximum Gasteiger partial charge on any atom is 0.0688 e. The number of anilines is 2. The van der Waals surface area contributed by atoms with E-state index in [0.29, 0.717) is 5.69 Å². The third-order valence-electron chi connectivity index (χ3n) is 1.77. The highest BCUT2D eigenvalue weighted by Gasteiger charge is 2.03. The second-order valence-electron chi connectivity index (χ2n) is 2.64. The Balaban J connectivity index is 3.08. The van der Waals surface area contributed by atoms with Crippen LogP contribution in [0.15, 0.2) is 17.0 Å².